The first-order valence-corrected chi connectivity index (χ1v) is 11.6. The van der Waals surface area contributed by atoms with E-state index in [-0.39, 0.29) is 11.5 Å². The average molecular weight is 400 g/mol. The van der Waals surface area contributed by atoms with Crippen LogP contribution in [0.1, 0.15) is 117 Å². The van der Waals surface area contributed by atoms with Gasteiger partial charge in [0.15, 0.2) is 0 Å². The van der Waals surface area contributed by atoms with Crippen LogP contribution < -0.4 is 0 Å². The predicted molar refractivity (Wildman–Crippen MR) is 113 cm³/mol. The van der Waals surface area contributed by atoms with Gasteiger partial charge in [0.05, 0.1) is 19.3 Å². The lowest BCUT2D eigenvalue weighted by molar-refractivity contribution is -0.256. The number of unbranched alkanes of at least 4 members (excludes halogenated alkanes) is 10. The van der Waals surface area contributed by atoms with Crippen LogP contribution in [-0.2, 0) is 14.3 Å². The van der Waals surface area contributed by atoms with Gasteiger partial charge in [0, 0.05) is 6.42 Å². The zero-order chi connectivity index (χ0) is 20.9. The van der Waals surface area contributed by atoms with Crippen molar-refractivity contribution in [2.45, 2.75) is 128 Å². The third-order valence-corrected chi connectivity index (χ3v) is 6.00. The quantitative estimate of drug-likeness (QED) is 0.246. The lowest BCUT2D eigenvalue weighted by Crippen LogP contribution is -2.50. The van der Waals surface area contributed by atoms with Crippen LogP contribution in [0.4, 0.5) is 0 Å². The Morgan fingerprint density at radius 1 is 0.929 bits per heavy atom. The summed E-state index contributed by atoms with van der Waals surface area (Å²) in [5.41, 5.74) is -0.778. The zero-order valence-electron chi connectivity index (χ0n) is 18.9. The second-order valence-electron chi connectivity index (χ2n) is 9.07. The molecule has 1 N–H and O–H groups in total. The van der Waals surface area contributed by atoms with E-state index in [1.54, 1.807) is 0 Å². The van der Waals surface area contributed by atoms with Gasteiger partial charge in [0.2, 0.25) is 0 Å². The molecular weight excluding hydrogens is 354 g/mol. The SMILES string of the molecule is CCCCCCC1(CCCCCCCCCCC(=O)OC)OCC(C)(C)N1O. The van der Waals surface area contributed by atoms with Crippen LogP contribution in [0, 0.1) is 0 Å². The Morgan fingerprint density at radius 2 is 1.43 bits per heavy atom. The van der Waals surface area contributed by atoms with Crippen molar-refractivity contribution < 1.29 is 19.5 Å². The van der Waals surface area contributed by atoms with Gasteiger partial charge in [0.25, 0.3) is 0 Å². The molecule has 28 heavy (non-hydrogen) atoms. The van der Waals surface area contributed by atoms with Crippen LogP contribution in [0.25, 0.3) is 0 Å². The number of carbonyl (C=O) groups excluding carboxylic acids is 1. The first-order valence-electron chi connectivity index (χ1n) is 11.6. The fourth-order valence-electron chi connectivity index (χ4n) is 4.13. The minimum atomic E-state index is -0.481. The second-order valence-corrected chi connectivity index (χ2v) is 9.07. The monoisotopic (exact) mass is 399 g/mol. The smallest absolute Gasteiger partial charge is 0.305 e. The van der Waals surface area contributed by atoms with Crippen LogP contribution in [0.15, 0.2) is 0 Å². The summed E-state index contributed by atoms with van der Waals surface area (Å²) in [5, 5.41) is 12.3. The molecule has 0 saturated carbocycles. The van der Waals surface area contributed by atoms with Crippen molar-refractivity contribution in [3.63, 3.8) is 0 Å². The molecule has 1 aliphatic heterocycles. The van der Waals surface area contributed by atoms with Crippen molar-refractivity contribution in [2.24, 2.45) is 0 Å². The molecule has 1 heterocycles. The van der Waals surface area contributed by atoms with Gasteiger partial charge in [-0.2, -0.15) is 5.06 Å². The van der Waals surface area contributed by atoms with Crippen LogP contribution in [0.2, 0.25) is 0 Å². The minimum Gasteiger partial charge on any atom is -0.469 e. The first kappa shape index (κ1) is 25.4. The van der Waals surface area contributed by atoms with E-state index in [9.17, 15) is 10.0 Å². The third-order valence-electron chi connectivity index (χ3n) is 6.00. The molecule has 0 amide bonds. The highest BCUT2D eigenvalue weighted by Crippen LogP contribution is 2.40. The standard InChI is InChI=1S/C23H45NO4/c1-5-6-7-15-18-23(24(26)22(2,3)20-28-23)19-16-13-11-9-8-10-12-14-17-21(25)27-4/h26H,5-20H2,1-4H3. The second kappa shape index (κ2) is 13.6. The molecule has 1 rings (SSSR count). The summed E-state index contributed by atoms with van der Waals surface area (Å²) in [6.07, 6.45) is 16.4. The summed E-state index contributed by atoms with van der Waals surface area (Å²) in [5.74, 6) is -0.0983. The highest BCUT2D eigenvalue weighted by atomic mass is 16.6. The Balaban J connectivity index is 2.20. The molecule has 0 radical (unpaired) electrons. The summed E-state index contributed by atoms with van der Waals surface area (Å²) >= 11 is 0. The Hall–Kier alpha value is -0.650. The molecule has 0 aromatic carbocycles. The summed E-state index contributed by atoms with van der Waals surface area (Å²) in [4.78, 5) is 11.1. The number of hydrogen-bond donors (Lipinski definition) is 1. The maximum atomic E-state index is 11.1. The molecule has 1 unspecified atom stereocenters. The molecule has 5 nitrogen and oxygen atoms in total. The average Bonchev–Trinajstić information content (AvgIpc) is 2.91. The van der Waals surface area contributed by atoms with E-state index in [0.29, 0.717) is 13.0 Å². The Labute approximate surface area is 173 Å². The molecule has 0 aliphatic carbocycles. The van der Waals surface area contributed by atoms with E-state index < -0.39 is 5.72 Å². The Bertz CT molecular complexity index is 427. The lowest BCUT2D eigenvalue weighted by atomic mass is 9.95. The van der Waals surface area contributed by atoms with Crippen LogP contribution in [0.3, 0.4) is 0 Å². The van der Waals surface area contributed by atoms with Crippen molar-refractivity contribution >= 4 is 5.97 Å². The molecule has 0 aromatic rings. The minimum absolute atomic E-state index is 0.0983. The molecule has 0 bridgehead atoms. The molecule has 0 spiro atoms. The van der Waals surface area contributed by atoms with Crippen molar-refractivity contribution in [1.29, 1.82) is 0 Å². The Kier molecular flexibility index (Phi) is 12.3. The van der Waals surface area contributed by atoms with E-state index in [1.807, 2.05) is 0 Å². The van der Waals surface area contributed by atoms with Gasteiger partial charge < -0.3 is 14.7 Å². The summed E-state index contributed by atoms with van der Waals surface area (Å²) in [7, 11) is 1.45. The molecule has 1 fully saturated rings. The largest absolute Gasteiger partial charge is 0.469 e. The van der Waals surface area contributed by atoms with E-state index >= 15 is 0 Å². The maximum absolute atomic E-state index is 11.1. The van der Waals surface area contributed by atoms with Crippen LogP contribution in [-0.4, -0.2) is 41.2 Å². The first-order chi connectivity index (χ1) is 13.4. The van der Waals surface area contributed by atoms with Crippen LogP contribution in [0.5, 0.6) is 0 Å². The predicted octanol–water partition coefficient (Wildman–Crippen LogP) is 6.23. The summed E-state index contributed by atoms with van der Waals surface area (Å²) in [6.45, 7) is 6.94. The van der Waals surface area contributed by atoms with E-state index in [4.69, 9.17) is 4.74 Å². The fourth-order valence-corrected chi connectivity index (χ4v) is 4.13. The van der Waals surface area contributed by atoms with Gasteiger partial charge in [-0.15, -0.1) is 0 Å². The number of nitrogens with zero attached hydrogens (tertiary/aromatic N) is 1. The number of hydroxylamine groups is 2. The fraction of sp³-hybridized carbons (Fsp3) is 0.957. The topological polar surface area (TPSA) is 59.0 Å². The molecule has 1 aliphatic rings. The maximum Gasteiger partial charge on any atom is 0.305 e. The van der Waals surface area contributed by atoms with Crippen molar-refractivity contribution in [3.8, 4) is 0 Å². The van der Waals surface area contributed by atoms with Gasteiger partial charge in [0.1, 0.15) is 5.72 Å². The molecule has 166 valence electrons. The molecule has 0 aromatic heterocycles. The summed E-state index contributed by atoms with van der Waals surface area (Å²) in [6, 6.07) is 0. The van der Waals surface area contributed by atoms with E-state index in [1.165, 1.54) is 63.5 Å². The number of ether oxygens (including phenoxy) is 2. The Morgan fingerprint density at radius 3 is 1.89 bits per heavy atom. The highest BCUT2D eigenvalue weighted by molar-refractivity contribution is 5.68. The van der Waals surface area contributed by atoms with Gasteiger partial charge in [-0.3, -0.25) is 4.79 Å². The highest BCUT2D eigenvalue weighted by Gasteiger charge is 2.50. The van der Waals surface area contributed by atoms with Gasteiger partial charge in [-0.25, -0.2) is 0 Å². The summed E-state index contributed by atoms with van der Waals surface area (Å²) < 4.78 is 10.8. The lowest BCUT2D eigenvalue weighted by Gasteiger charge is -2.37. The molecule has 1 saturated heterocycles. The number of esters is 1. The van der Waals surface area contributed by atoms with E-state index in [0.717, 1.165) is 38.5 Å². The van der Waals surface area contributed by atoms with Crippen molar-refractivity contribution in [2.75, 3.05) is 13.7 Å². The van der Waals surface area contributed by atoms with Gasteiger partial charge in [-0.1, -0.05) is 64.7 Å². The van der Waals surface area contributed by atoms with Crippen LogP contribution >= 0.6 is 0 Å². The molecule has 1 atom stereocenters. The number of hydrogen-bond acceptors (Lipinski definition) is 5. The van der Waals surface area contributed by atoms with Crippen molar-refractivity contribution in [3.05, 3.63) is 0 Å². The third kappa shape index (κ3) is 8.79. The molecular formula is C23H45NO4. The van der Waals surface area contributed by atoms with Crippen molar-refractivity contribution in [1.82, 2.24) is 5.06 Å². The molecule has 5 heteroatoms. The van der Waals surface area contributed by atoms with Gasteiger partial charge >= 0.3 is 5.97 Å². The van der Waals surface area contributed by atoms with Gasteiger partial charge in [-0.05, 0) is 46.0 Å². The normalized spacial score (nSPS) is 21.9. The van der Waals surface area contributed by atoms with E-state index in [2.05, 4.69) is 25.5 Å². The zero-order valence-corrected chi connectivity index (χ0v) is 18.9. The number of carbonyl (C=O) groups is 1. The number of methoxy groups -OCH3 is 1. The number of rotatable bonds is 16.